The average molecular weight is 331 g/mol. The first-order valence-corrected chi connectivity index (χ1v) is 9.02. The van der Waals surface area contributed by atoms with Gasteiger partial charge in [0, 0.05) is 42.5 Å². The number of hydrogen-bond donors (Lipinski definition) is 0. The second-order valence-electron chi connectivity index (χ2n) is 6.18. The van der Waals surface area contributed by atoms with Crippen molar-refractivity contribution in [2.45, 2.75) is 44.6 Å². The molecule has 2 saturated heterocycles. The van der Waals surface area contributed by atoms with Gasteiger partial charge >= 0.3 is 0 Å². The summed E-state index contributed by atoms with van der Waals surface area (Å²) in [5.41, 5.74) is 1.10. The van der Waals surface area contributed by atoms with E-state index in [1.165, 1.54) is 5.01 Å². The summed E-state index contributed by atoms with van der Waals surface area (Å²) in [4.78, 5) is 11.4. The second-order valence-corrected chi connectivity index (χ2v) is 7.12. The van der Waals surface area contributed by atoms with Gasteiger partial charge in [-0.25, -0.2) is 9.97 Å². The molecule has 122 valence electrons. The molecule has 0 spiro atoms. The molecular formula is C17H21N3O2S. The van der Waals surface area contributed by atoms with Gasteiger partial charge in [0.2, 0.25) is 5.88 Å². The van der Waals surface area contributed by atoms with Crippen LogP contribution in [0.25, 0.3) is 0 Å². The lowest BCUT2D eigenvalue weighted by Gasteiger charge is -2.31. The van der Waals surface area contributed by atoms with Crippen molar-refractivity contribution in [3.8, 4) is 5.88 Å². The molecule has 6 heteroatoms. The first kappa shape index (κ1) is 15.1. The molecule has 0 unspecified atom stereocenters. The molecule has 0 radical (unpaired) electrons. The number of pyridine rings is 1. The number of thiazole rings is 1. The molecular weight excluding hydrogens is 310 g/mol. The summed E-state index contributed by atoms with van der Waals surface area (Å²) in [5.74, 6) is 0.678. The van der Waals surface area contributed by atoms with Crippen molar-refractivity contribution in [2.75, 3.05) is 13.2 Å². The van der Waals surface area contributed by atoms with Gasteiger partial charge in [-0.2, -0.15) is 0 Å². The summed E-state index contributed by atoms with van der Waals surface area (Å²) in [6, 6.07) is 6.18. The van der Waals surface area contributed by atoms with Crippen molar-refractivity contribution in [3.05, 3.63) is 40.5 Å². The number of likely N-dealkylation sites (tertiary alicyclic amines) is 1. The molecule has 0 aliphatic carbocycles. The molecule has 2 aliphatic heterocycles. The summed E-state index contributed by atoms with van der Waals surface area (Å²) < 4.78 is 12.2. The SMILES string of the molecule is Cc1csc(CN2C[C@@H](Oc3ccccn3)[C@@H]3OCCC[C@@H]32)n1. The fourth-order valence-electron chi connectivity index (χ4n) is 3.51. The molecule has 3 atom stereocenters. The van der Waals surface area contributed by atoms with E-state index in [2.05, 4.69) is 20.2 Å². The number of fused-ring (bicyclic) bond motifs is 1. The van der Waals surface area contributed by atoms with Gasteiger partial charge in [0.05, 0.1) is 6.54 Å². The Kier molecular flexibility index (Phi) is 4.29. The summed E-state index contributed by atoms with van der Waals surface area (Å²) >= 11 is 1.73. The molecule has 5 nitrogen and oxygen atoms in total. The lowest BCUT2D eigenvalue weighted by molar-refractivity contribution is -0.0479. The maximum atomic E-state index is 6.12. The third-order valence-electron chi connectivity index (χ3n) is 4.50. The molecule has 2 aliphatic rings. The highest BCUT2D eigenvalue weighted by atomic mass is 32.1. The molecule has 23 heavy (non-hydrogen) atoms. The molecule has 4 heterocycles. The number of aryl methyl sites for hydroxylation is 1. The van der Waals surface area contributed by atoms with E-state index in [0.29, 0.717) is 11.9 Å². The Morgan fingerprint density at radius 3 is 3.17 bits per heavy atom. The fourth-order valence-corrected chi connectivity index (χ4v) is 4.31. The van der Waals surface area contributed by atoms with Gasteiger partial charge < -0.3 is 9.47 Å². The van der Waals surface area contributed by atoms with Crippen LogP contribution in [0.2, 0.25) is 0 Å². The minimum absolute atomic E-state index is 0.0382. The molecule has 0 bridgehead atoms. The van der Waals surface area contributed by atoms with Crippen molar-refractivity contribution in [1.82, 2.24) is 14.9 Å². The zero-order chi connectivity index (χ0) is 15.6. The van der Waals surface area contributed by atoms with Crippen LogP contribution in [0.4, 0.5) is 0 Å². The predicted molar refractivity (Wildman–Crippen MR) is 88.7 cm³/mol. The van der Waals surface area contributed by atoms with Crippen LogP contribution in [0.15, 0.2) is 29.8 Å². The van der Waals surface area contributed by atoms with Crippen molar-refractivity contribution >= 4 is 11.3 Å². The van der Waals surface area contributed by atoms with Crippen LogP contribution in [-0.2, 0) is 11.3 Å². The molecule has 0 N–H and O–H groups in total. The lowest BCUT2D eigenvalue weighted by Crippen LogP contribution is -2.42. The van der Waals surface area contributed by atoms with E-state index < -0.39 is 0 Å². The summed E-state index contributed by atoms with van der Waals surface area (Å²) in [6.07, 6.45) is 4.21. The van der Waals surface area contributed by atoms with E-state index in [-0.39, 0.29) is 12.2 Å². The number of ether oxygens (including phenoxy) is 2. The maximum Gasteiger partial charge on any atom is 0.213 e. The van der Waals surface area contributed by atoms with E-state index in [1.54, 1.807) is 17.5 Å². The van der Waals surface area contributed by atoms with Crippen LogP contribution >= 0.6 is 11.3 Å². The van der Waals surface area contributed by atoms with E-state index in [1.807, 2.05) is 25.1 Å². The Bertz CT molecular complexity index is 648. The second kappa shape index (κ2) is 6.55. The Morgan fingerprint density at radius 1 is 1.43 bits per heavy atom. The van der Waals surface area contributed by atoms with Gasteiger partial charge in [0.15, 0.2) is 0 Å². The minimum atomic E-state index is 0.0382. The molecule has 0 aromatic carbocycles. The average Bonchev–Trinajstić information content (AvgIpc) is 3.14. The van der Waals surface area contributed by atoms with Gasteiger partial charge in [-0.15, -0.1) is 11.3 Å². The third-order valence-corrected chi connectivity index (χ3v) is 5.45. The van der Waals surface area contributed by atoms with E-state index in [4.69, 9.17) is 9.47 Å². The smallest absolute Gasteiger partial charge is 0.213 e. The van der Waals surface area contributed by atoms with Gasteiger partial charge in [-0.3, -0.25) is 4.90 Å². The van der Waals surface area contributed by atoms with Crippen molar-refractivity contribution < 1.29 is 9.47 Å². The van der Waals surface area contributed by atoms with Crippen molar-refractivity contribution in [1.29, 1.82) is 0 Å². The highest BCUT2D eigenvalue weighted by molar-refractivity contribution is 7.09. The van der Waals surface area contributed by atoms with Gasteiger partial charge in [-0.1, -0.05) is 6.07 Å². The van der Waals surface area contributed by atoms with Crippen LogP contribution in [0.5, 0.6) is 5.88 Å². The van der Waals surface area contributed by atoms with Crippen LogP contribution in [0, 0.1) is 6.92 Å². The normalized spacial score (nSPS) is 27.8. The van der Waals surface area contributed by atoms with Crippen LogP contribution in [0.3, 0.4) is 0 Å². The van der Waals surface area contributed by atoms with Gasteiger partial charge in [0.25, 0.3) is 0 Å². The summed E-state index contributed by atoms with van der Waals surface area (Å²) in [6.45, 7) is 4.62. The highest BCUT2D eigenvalue weighted by Crippen LogP contribution is 2.32. The largest absolute Gasteiger partial charge is 0.470 e. The molecule has 2 aromatic rings. The number of aromatic nitrogens is 2. The Morgan fingerprint density at radius 2 is 2.39 bits per heavy atom. The van der Waals surface area contributed by atoms with Crippen molar-refractivity contribution in [2.24, 2.45) is 0 Å². The molecule has 0 saturated carbocycles. The lowest BCUT2D eigenvalue weighted by atomic mass is 10.0. The Balaban J connectivity index is 1.49. The predicted octanol–water partition coefficient (Wildman–Crippen LogP) is 2.66. The Hall–Kier alpha value is -1.50. The number of rotatable bonds is 4. The first-order chi connectivity index (χ1) is 11.3. The van der Waals surface area contributed by atoms with E-state index in [0.717, 1.165) is 38.2 Å². The molecule has 2 aromatic heterocycles. The third kappa shape index (κ3) is 3.24. The summed E-state index contributed by atoms with van der Waals surface area (Å²) in [5, 5.41) is 3.28. The standard InChI is InChI=1S/C17H21N3O2S/c1-12-11-23-16(19-12)10-20-9-14(17-13(20)5-4-8-21-17)22-15-6-2-3-7-18-15/h2-3,6-7,11,13-14,17H,4-5,8-10H2,1H3/t13-,14+,17+/m0/s1. The zero-order valence-electron chi connectivity index (χ0n) is 13.2. The van der Waals surface area contributed by atoms with E-state index in [9.17, 15) is 0 Å². The highest BCUT2D eigenvalue weighted by Gasteiger charge is 2.45. The quantitative estimate of drug-likeness (QED) is 0.862. The monoisotopic (exact) mass is 331 g/mol. The van der Waals surface area contributed by atoms with Crippen LogP contribution in [-0.4, -0.2) is 46.3 Å². The number of hydrogen-bond acceptors (Lipinski definition) is 6. The van der Waals surface area contributed by atoms with E-state index >= 15 is 0 Å². The maximum absolute atomic E-state index is 6.12. The van der Waals surface area contributed by atoms with Gasteiger partial charge in [0.1, 0.15) is 17.2 Å². The molecule has 4 rings (SSSR count). The summed E-state index contributed by atoms with van der Waals surface area (Å²) in [7, 11) is 0. The Labute approximate surface area is 140 Å². The van der Waals surface area contributed by atoms with Crippen LogP contribution in [0.1, 0.15) is 23.5 Å². The fraction of sp³-hybridized carbons (Fsp3) is 0.529. The zero-order valence-corrected chi connectivity index (χ0v) is 14.0. The van der Waals surface area contributed by atoms with Crippen LogP contribution < -0.4 is 4.74 Å². The molecule has 0 amide bonds. The molecule has 2 fully saturated rings. The van der Waals surface area contributed by atoms with Crippen molar-refractivity contribution in [3.63, 3.8) is 0 Å². The first-order valence-electron chi connectivity index (χ1n) is 8.14. The topological polar surface area (TPSA) is 47.5 Å². The van der Waals surface area contributed by atoms with Gasteiger partial charge in [-0.05, 0) is 25.8 Å². The number of nitrogens with zero attached hydrogens (tertiary/aromatic N) is 3. The minimum Gasteiger partial charge on any atom is -0.470 e.